The van der Waals surface area contributed by atoms with Gasteiger partial charge in [0.25, 0.3) is 5.91 Å². The van der Waals surface area contributed by atoms with E-state index in [1.54, 1.807) is 31.2 Å². The number of ether oxygens (including phenoxy) is 3. The smallest absolute Gasteiger partial charge is 0.497 e. The van der Waals surface area contributed by atoms with E-state index in [1.807, 2.05) is 0 Å². The van der Waals surface area contributed by atoms with Crippen LogP contribution in [0.15, 0.2) is 72.8 Å². The summed E-state index contributed by atoms with van der Waals surface area (Å²) in [7, 11) is 1.52. The minimum absolute atomic E-state index is 0.0226. The Balaban J connectivity index is 1.58. The Labute approximate surface area is 244 Å². The highest BCUT2D eigenvalue weighted by Crippen LogP contribution is 2.30. The Bertz CT molecular complexity index is 1450. The van der Waals surface area contributed by atoms with Crippen LogP contribution in [0.5, 0.6) is 11.5 Å². The zero-order valence-electron chi connectivity index (χ0n) is 22.5. The van der Waals surface area contributed by atoms with Gasteiger partial charge < -0.3 is 24.4 Å². The fourth-order valence-electron chi connectivity index (χ4n) is 4.27. The number of hydrogen-bond acceptors (Lipinski definition) is 7. The maximum Gasteiger partial charge on any atom is 0.573 e. The molecule has 4 rings (SSSR count). The average molecular weight is 602 g/mol. The van der Waals surface area contributed by atoms with Crippen molar-refractivity contribution in [1.82, 2.24) is 4.90 Å². The number of halogens is 3. The molecule has 0 spiro atoms. The van der Waals surface area contributed by atoms with E-state index in [0.29, 0.717) is 22.7 Å². The third kappa shape index (κ3) is 7.35. The molecule has 1 saturated heterocycles. The molecule has 0 bridgehead atoms. The van der Waals surface area contributed by atoms with Gasteiger partial charge >= 0.3 is 12.3 Å². The molecule has 1 atom stereocenters. The number of rotatable bonds is 10. The molecule has 0 saturated carbocycles. The molecule has 3 aromatic rings. The quantitative estimate of drug-likeness (QED) is 0.247. The van der Waals surface area contributed by atoms with E-state index in [4.69, 9.17) is 21.7 Å². The van der Waals surface area contributed by atoms with Crippen molar-refractivity contribution in [1.29, 1.82) is 0 Å². The van der Waals surface area contributed by atoms with Crippen LogP contribution in [0, 0.1) is 0 Å². The molecule has 220 valence electrons. The highest BCUT2D eigenvalue weighted by Gasteiger charge is 2.44. The Morgan fingerprint density at radius 2 is 1.57 bits per heavy atom. The van der Waals surface area contributed by atoms with E-state index in [9.17, 15) is 27.6 Å². The minimum atomic E-state index is -4.84. The number of carbonyl (C=O) groups excluding carboxylic acids is 3. The number of esters is 1. The van der Waals surface area contributed by atoms with Crippen molar-refractivity contribution in [2.45, 2.75) is 32.3 Å². The van der Waals surface area contributed by atoms with Crippen LogP contribution in [-0.2, 0) is 20.9 Å². The first-order valence-corrected chi connectivity index (χ1v) is 13.1. The zero-order valence-corrected chi connectivity index (χ0v) is 23.3. The van der Waals surface area contributed by atoms with Crippen LogP contribution in [0.3, 0.4) is 0 Å². The number of thiocarbonyl (C=S) groups is 1. The van der Waals surface area contributed by atoms with Crippen molar-refractivity contribution in [3.63, 3.8) is 0 Å². The van der Waals surface area contributed by atoms with E-state index in [2.05, 4.69) is 10.1 Å². The van der Waals surface area contributed by atoms with E-state index in [1.165, 1.54) is 53.3 Å². The first-order chi connectivity index (χ1) is 20.0. The molecule has 0 radical (unpaired) electrons. The Morgan fingerprint density at radius 3 is 2.14 bits per heavy atom. The lowest BCUT2D eigenvalue weighted by Gasteiger charge is -2.24. The fraction of sp³-hybridized carbons (Fsp3) is 0.241. The van der Waals surface area contributed by atoms with Crippen LogP contribution >= 0.6 is 12.2 Å². The van der Waals surface area contributed by atoms with Gasteiger partial charge in [-0.15, -0.1) is 13.2 Å². The predicted octanol–water partition coefficient (Wildman–Crippen LogP) is 5.30. The van der Waals surface area contributed by atoms with Crippen molar-refractivity contribution in [3.05, 3.63) is 83.9 Å². The highest BCUT2D eigenvalue weighted by molar-refractivity contribution is 7.80. The summed E-state index contributed by atoms with van der Waals surface area (Å²) < 4.78 is 51.8. The average Bonchev–Trinajstić information content (AvgIpc) is 3.17. The number of alkyl halides is 3. The summed E-state index contributed by atoms with van der Waals surface area (Å²) in [6, 6.07) is 16.8. The molecule has 1 aliphatic heterocycles. The second-order valence-corrected chi connectivity index (χ2v) is 9.40. The van der Waals surface area contributed by atoms with Gasteiger partial charge in [0.2, 0.25) is 5.91 Å². The normalized spacial score (nSPS) is 15.0. The van der Waals surface area contributed by atoms with Crippen molar-refractivity contribution in [2.24, 2.45) is 0 Å². The summed E-state index contributed by atoms with van der Waals surface area (Å²) in [6.07, 6.45) is -5.10. The number of hydrogen-bond donors (Lipinski definition) is 1. The lowest BCUT2D eigenvalue weighted by atomic mass is 10.1. The van der Waals surface area contributed by atoms with Gasteiger partial charge in [-0.2, -0.15) is 0 Å². The summed E-state index contributed by atoms with van der Waals surface area (Å²) in [6.45, 7) is 1.91. The number of methoxy groups -OCH3 is 1. The molecule has 3 aromatic carbocycles. The lowest BCUT2D eigenvalue weighted by Crippen LogP contribution is -2.37. The van der Waals surface area contributed by atoms with Gasteiger partial charge in [0, 0.05) is 12.2 Å². The van der Waals surface area contributed by atoms with Gasteiger partial charge in [-0.3, -0.25) is 14.5 Å². The summed E-state index contributed by atoms with van der Waals surface area (Å²) >= 11 is 5.65. The number of benzene rings is 3. The monoisotopic (exact) mass is 601 g/mol. The molecule has 1 heterocycles. The molecule has 9 nitrogen and oxygen atoms in total. The summed E-state index contributed by atoms with van der Waals surface area (Å²) in [5.74, 6) is -1.26. The van der Waals surface area contributed by atoms with Crippen molar-refractivity contribution >= 4 is 46.5 Å². The Kier molecular flexibility index (Phi) is 9.31. The molecule has 1 unspecified atom stereocenters. The third-order valence-electron chi connectivity index (χ3n) is 6.22. The lowest BCUT2D eigenvalue weighted by molar-refractivity contribution is -0.274. The second kappa shape index (κ2) is 12.9. The van der Waals surface area contributed by atoms with Crippen molar-refractivity contribution < 1.29 is 41.8 Å². The second-order valence-electron chi connectivity index (χ2n) is 9.04. The van der Waals surface area contributed by atoms with Crippen LogP contribution in [0.4, 0.5) is 24.5 Å². The first kappa shape index (κ1) is 30.3. The number of carbonyl (C=O) groups is 3. The maximum absolute atomic E-state index is 13.7. The third-order valence-corrected chi connectivity index (χ3v) is 6.63. The van der Waals surface area contributed by atoms with Gasteiger partial charge in [-0.1, -0.05) is 12.1 Å². The largest absolute Gasteiger partial charge is 0.573 e. The van der Waals surface area contributed by atoms with Gasteiger partial charge in [0.05, 0.1) is 31.4 Å². The minimum Gasteiger partial charge on any atom is -0.497 e. The summed E-state index contributed by atoms with van der Waals surface area (Å²) in [5, 5.41) is 2.83. The standard InChI is InChI=1S/C29H26F3N3O6S/c1-3-40-27(38)19-6-10-21(11-7-19)35-26(37)24(16-25(36)33-20-8-14-22(39-2)15-9-20)34(28(35)42)17-18-4-12-23(13-5-18)41-29(30,31)32/h4-15,24H,3,16-17H2,1-2H3,(H,33,36). The van der Waals surface area contributed by atoms with Crippen molar-refractivity contribution in [2.75, 3.05) is 23.9 Å². The molecular formula is C29H26F3N3O6S. The summed E-state index contributed by atoms with van der Waals surface area (Å²) in [4.78, 5) is 41.6. The molecular weight excluding hydrogens is 575 g/mol. The van der Waals surface area contributed by atoms with Crippen LogP contribution in [0.25, 0.3) is 0 Å². The van der Waals surface area contributed by atoms with Gasteiger partial charge in [-0.25, -0.2) is 4.79 Å². The topological polar surface area (TPSA) is 97.4 Å². The SMILES string of the molecule is CCOC(=O)c1ccc(N2C(=O)C(CC(=O)Nc3ccc(OC)cc3)N(Cc3ccc(OC(F)(F)F)cc3)C2=S)cc1. The number of anilines is 2. The molecule has 1 fully saturated rings. The first-order valence-electron chi connectivity index (χ1n) is 12.7. The highest BCUT2D eigenvalue weighted by atomic mass is 32.1. The summed E-state index contributed by atoms with van der Waals surface area (Å²) in [5.41, 5.74) is 1.67. The van der Waals surface area contributed by atoms with Crippen molar-refractivity contribution in [3.8, 4) is 11.5 Å². The molecule has 42 heavy (non-hydrogen) atoms. The van der Waals surface area contributed by atoms with E-state index in [0.717, 1.165) is 12.1 Å². The molecule has 13 heteroatoms. The van der Waals surface area contributed by atoms with Crippen LogP contribution < -0.4 is 19.7 Å². The number of nitrogens with zero attached hydrogens (tertiary/aromatic N) is 2. The number of amides is 2. The Hall–Kier alpha value is -4.65. The van der Waals surface area contributed by atoms with Crippen LogP contribution in [0.1, 0.15) is 29.3 Å². The fourth-order valence-corrected chi connectivity index (χ4v) is 4.65. The number of nitrogens with one attached hydrogen (secondary N) is 1. The molecule has 1 aliphatic rings. The predicted molar refractivity (Wildman–Crippen MR) is 151 cm³/mol. The molecule has 0 aliphatic carbocycles. The molecule has 0 aromatic heterocycles. The van der Waals surface area contributed by atoms with E-state index < -0.39 is 35.9 Å². The molecule has 2 amide bonds. The van der Waals surface area contributed by atoms with Gasteiger partial charge in [-0.05, 0) is 85.4 Å². The van der Waals surface area contributed by atoms with Gasteiger partial charge in [0.1, 0.15) is 17.5 Å². The van der Waals surface area contributed by atoms with Crippen LogP contribution in [-0.4, -0.2) is 53.9 Å². The Morgan fingerprint density at radius 1 is 0.952 bits per heavy atom. The maximum atomic E-state index is 13.7. The van der Waals surface area contributed by atoms with E-state index in [-0.39, 0.29) is 30.2 Å². The van der Waals surface area contributed by atoms with E-state index >= 15 is 0 Å². The molecule has 1 N–H and O–H groups in total. The van der Waals surface area contributed by atoms with Gasteiger partial charge in [0.15, 0.2) is 5.11 Å². The zero-order chi connectivity index (χ0) is 30.4. The van der Waals surface area contributed by atoms with Crippen LogP contribution in [0.2, 0.25) is 0 Å².